The molecule has 4 nitrogen and oxygen atoms in total. The van der Waals surface area contributed by atoms with Gasteiger partial charge in [0.2, 0.25) is 0 Å². The molecule has 2 rings (SSSR count). The van der Waals surface area contributed by atoms with Gasteiger partial charge < -0.3 is 5.73 Å². The van der Waals surface area contributed by atoms with E-state index in [1.54, 1.807) is 23.9 Å². The number of benzene rings is 2. The fourth-order valence-electron chi connectivity index (χ4n) is 1.89. The number of anilines is 1. The Bertz CT molecular complexity index is 602. The van der Waals surface area contributed by atoms with Gasteiger partial charge in [-0.15, -0.1) is 0 Å². The van der Waals surface area contributed by atoms with Crippen molar-refractivity contribution in [2.24, 2.45) is 0 Å². The number of nitro groups is 1. The van der Waals surface area contributed by atoms with Crippen LogP contribution in [0.4, 0.5) is 11.4 Å². The van der Waals surface area contributed by atoms with Gasteiger partial charge in [0.25, 0.3) is 5.69 Å². The van der Waals surface area contributed by atoms with E-state index in [1.165, 1.54) is 11.6 Å². The number of aryl methyl sites for hydroxylation is 1. The van der Waals surface area contributed by atoms with Gasteiger partial charge in [0.1, 0.15) is 0 Å². The highest BCUT2D eigenvalue weighted by Crippen LogP contribution is 2.19. The zero-order valence-electron chi connectivity index (χ0n) is 11.0. The van der Waals surface area contributed by atoms with Gasteiger partial charge in [-0.05, 0) is 35.4 Å². The summed E-state index contributed by atoms with van der Waals surface area (Å²) in [5.74, 6) is 1.75. The normalized spacial score (nSPS) is 10.4. The third-order valence-corrected chi connectivity index (χ3v) is 3.91. The number of rotatable bonds is 6. The van der Waals surface area contributed by atoms with Crippen LogP contribution in [-0.2, 0) is 12.2 Å². The first kappa shape index (κ1) is 14.4. The van der Waals surface area contributed by atoms with Gasteiger partial charge in [-0.2, -0.15) is 11.8 Å². The minimum absolute atomic E-state index is 0.152. The van der Waals surface area contributed by atoms with Gasteiger partial charge in [-0.25, -0.2) is 0 Å². The number of nitrogens with two attached hydrogens (primary N) is 1. The number of nitrogens with zero attached hydrogens (tertiary/aromatic N) is 1. The van der Waals surface area contributed by atoms with Gasteiger partial charge in [0.15, 0.2) is 0 Å². The lowest BCUT2D eigenvalue weighted by atomic mass is 10.1. The summed E-state index contributed by atoms with van der Waals surface area (Å²) in [6, 6.07) is 14.7. The average Bonchev–Trinajstić information content (AvgIpc) is 2.44. The quantitative estimate of drug-likeness (QED) is 0.381. The summed E-state index contributed by atoms with van der Waals surface area (Å²) in [4.78, 5) is 10.3. The van der Waals surface area contributed by atoms with Crippen molar-refractivity contribution in [3.05, 3.63) is 69.8 Å². The number of nitrogen functional groups attached to an aromatic ring is 1. The number of nitro benzene ring substituents is 1. The molecule has 0 atom stereocenters. The molecule has 2 aromatic carbocycles. The van der Waals surface area contributed by atoms with Crippen LogP contribution in [0.2, 0.25) is 0 Å². The zero-order valence-corrected chi connectivity index (χ0v) is 11.8. The maximum absolute atomic E-state index is 10.7. The number of thioether (sulfide) groups is 1. The summed E-state index contributed by atoms with van der Waals surface area (Å²) in [7, 11) is 0. The van der Waals surface area contributed by atoms with Crippen LogP contribution in [0.3, 0.4) is 0 Å². The summed E-state index contributed by atoms with van der Waals surface area (Å²) in [6.45, 7) is 0. The fourth-order valence-corrected chi connectivity index (χ4v) is 2.83. The third kappa shape index (κ3) is 4.28. The molecule has 0 aliphatic rings. The molecule has 2 aromatic rings. The first-order chi connectivity index (χ1) is 9.65. The van der Waals surface area contributed by atoms with Crippen molar-refractivity contribution in [2.75, 3.05) is 11.5 Å². The van der Waals surface area contributed by atoms with Crippen molar-refractivity contribution in [1.29, 1.82) is 0 Å². The van der Waals surface area contributed by atoms with E-state index in [1.807, 2.05) is 24.3 Å². The molecule has 0 aliphatic heterocycles. The third-order valence-electron chi connectivity index (χ3n) is 2.88. The molecule has 0 aromatic heterocycles. The smallest absolute Gasteiger partial charge is 0.269 e. The Balaban J connectivity index is 1.81. The molecule has 0 amide bonds. The van der Waals surface area contributed by atoms with Crippen LogP contribution in [0.5, 0.6) is 0 Å². The van der Waals surface area contributed by atoms with E-state index < -0.39 is 0 Å². The predicted octanol–water partition coefficient (Wildman–Crippen LogP) is 3.65. The van der Waals surface area contributed by atoms with E-state index in [0.29, 0.717) is 0 Å². The van der Waals surface area contributed by atoms with E-state index in [2.05, 4.69) is 6.07 Å². The van der Waals surface area contributed by atoms with Gasteiger partial charge in [-0.1, -0.05) is 24.3 Å². The van der Waals surface area contributed by atoms with Crippen molar-refractivity contribution < 1.29 is 4.92 Å². The average molecular weight is 288 g/mol. The maximum Gasteiger partial charge on any atom is 0.269 e. The molecule has 0 saturated heterocycles. The summed E-state index contributed by atoms with van der Waals surface area (Å²) < 4.78 is 0. The van der Waals surface area contributed by atoms with Crippen LogP contribution in [-0.4, -0.2) is 10.7 Å². The van der Waals surface area contributed by atoms with Crippen molar-refractivity contribution >= 4 is 23.1 Å². The SMILES string of the molecule is Nc1cccc(CCSCc2cccc([N+](=O)[O-])c2)c1. The van der Waals surface area contributed by atoms with Gasteiger partial charge in [-0.3, -0.25) is 10.1 Å². The molecular formula is C15H16N2O2S. The molecule has 0 fully saturated rings. The van der Waals surface area contributed by atoms with Gasteiger partial charge in [0.05, 0.1) is 4.92 Å². The highest BCUT2D eigenvalue weighted by atomic mass is 32.2. The second-order valence-corrected chi connectivity index (χ2v) is 5.58. The highest BCUT2D eigenvalue weighted by Gasteiger charge is 2.05. The topological polar surface area (TPSA) is 69.2 Å². The second-order valence-electron chi connectivity index (χ2n) is 4.47. The lowest BCUT2D eigenvalue weighted by Crippen LogP contribution is -1.93. The Morgan fingerprint density at radius 3 is 2.60 bits per heavy atom. The van der Waals surface area contributed by atoms with Gasteiger partial charge in [0, 0.05) is 23.6 Å². The first-order valence-electron chi connectivity index (χ1n) is 6.30. The van der Waals surface area contributed by atoms with E-state index in [0.717, 1.165) is 29.2 Å². The molecule has 0 radical (unpaired) electrons. The monoisotopic (exact) mass is 288 g/mol. The minimum Gasteiger partial charge on any atom is -0.399 e. The Hall–Kier alpha value is -2.01. The Morgan fingerprint density at radius 1 is 1.10 bits per heavy atom. The summed E-state index contributed by atoms with van der Waals surface area (Å²) in [5, 5.41) is 10.7. The molecular weight excluding hydrogens is 272 g/mol. The molecule has 104 valence electrons. The van der Waals surface area contributed by atoms with Crippen LogP contribution in [0, 0.1) is 10.1 Å². The van der Waals surface area contributed by atoms with E-state index in [4.69, 9.17) is 5.73 Å². The molecule has 0 bridgehead atoms. The second kappa shape index (κ2) is 6.96. The van der Waals surface area contributed by atoms with Crippen molar-refractivity contribution in [1.82, 2.24) is 0 Å². The number of non-ortho nitro benzene ring substituents is 1. The Kier molecular flexibility index (Phi) is 5.01. The molecule has 0 spiro atoms. The maximum atomic E-state index is 10.7. The van der Waals surface area contributed by atoms with Crippen molar-refractivity contribution in [3.8, 4) is 0 Å². The molecule has 0 heterocycles. The van der Waals surface area contributed by atoms with Crippen LogP contribution in [0.1, 0.15) is 11.1 Å². The fraction of sp³-hybridized carbons (Fsp3) is 0.200. The van der Waals surface area contributed by atoms with E-state index in [-0.39, 0.29) is 10.6 Å². The van der Waals surface area contributed by atoms with Crippen LogP contribution in [0.15, 0.2) is 48.5 Å². The molecule has 0 aliphatic carbocycles. The lowest BCUT2D eigenvalue weighted by molar-refractivity contribution is -0.384. The Labute approximate surface area is 122 Å². The largest absolute Gasteiger partial charge is 0.399 e. The Morgan fingerprint density at radius 2 is 1.85 bits per heavy atom. The summed E-state index contributed by atoms with van der Waals surface area (Å²) in [5.41, 5.74) is 8.87. The number of hydrogen-bond acceptors (Lipinski definition) is 4. The van der Waals surface area contributed by atoms with E-state index in [9.17, 15) is 10.1 Å². The van der Waals surface area contributed by atoms with Crippen LogP contribution < -0.4 is 5.73 Å². The summed E-state index contributed by atoms with van der Waals surface area (Å²) >= 11 is 1.76. The van der Waals surface area contributed by atoms with Crippen LogP contribution >= 0.6 is 11.8 Å². The minimum atomic E-state index is -0.360. The van der Waals surface area contributed by atoms with E-state index >= 15 is 0 Å². The molecule has 0 unspecified atom stereocenters. The number of hydrogen-bond donors (Lipinski definition) is 1. The zero-order chi connectivity index (χ0) is 14.4. The lowest BCUT2D eigenvalue weighted by Gasteiger charge is -2.03. The predicted molar refractivity (Wildman–Crippen MR) is 83.8 cm³/mol. The van der Waals surface area contributed by atoms with Crippen molar-refractivity contribution in [2.45, 2.75) is 12.2 Å². The first-order valence-corrected chi connectivity index (χ1v) is 7.46. The molecule has 5 heteroatoms. The van der Waals surface area contributed by atoms with Crippen LogP contribution in [0.25, 0.3) is 0 Å². The standard InChI is InChI=1S/C15H16N2O2S/c16-14-5-1-3-12(9-14)7-8-20-11-13-4-2-6-15(10-13)17(18)19/h1-6,9-10H,7-8,11,16H2. The summed E-state index contributed by atoms with van der Waals surface area (Å²) in [6.07, 6.45) is 0.949. The molecule has 2 N–H and O–H groups in total. The highest BCUT2D eigenvalue weighted by molar-refractivity contribution is 7.98. The molecule has 20 heavy (non-hydrogen) atoms. The van der Waals surface area contributed by atoms with Gasteiger partial charge >= 0.3 is 0 Å². The molecule has 0 saturated carbocycles. The van der Waals surface area contributed by atoms with Crippen molar-refractivity contribution in [3.63, 3.8) is 0 Å².